The largest absolute Gasteiger partial charge is 0.380 e. The van der Waals surface area contributed by atoms with Crippen LogP contribution in [-0.4, -0.2) is 69.3 Å². The maximum absolute atomic E-state index is 11.8. The van der Waals surface area contributed by atoms with Crippen LogP contribution < -0.4 is 0 Å². The number of rotatable bonds is 7. The first kappa shape index (κ1) is 17.3. The first-order chi connectivity index (χ1) is 11.4. The van der Waals surface area contributed by atoms with E-state index in [9.17, 15) is 8.42 Å². The summed E-state index contributed by atoms with van der Waals surface area (Å²) in [5.74, 6) is 1.73. The lowest BCUT2D eigenvalue weighted by molar-refractivity contribution is 0.0692. The predicted octanol–water partition coefficient (Wildman–Crippen LogP) is 1.94. The first-order valence-corrected chi connectivity index (χ1v) is 11.6. The van der Waals surface area contributed by atoms with Gasteiger partial charge in [0.15, 0.2) is 0 Å². The second-order valence-corrected chi connectivity index (χ2v) is 10.9. The lowest BCUT2D eigenvalue weighted by Crippen LogP contribution is -2.43. The van der Waals surface area contributed by atoms with Gasteiger partial charge in [0, 0.05) is 38.8 Å². The van der Waals surface area contributed by atoms with Gasteiger partial charge in [0.1, 0.15) is 0 Å². The number of piperidine rings is 1. The van der Waals surface area contributed by atoms with Crippen LogP contribution in [0.4, 0.5) is 0 Å². The van der Waals surface area contributed by atoms with E-state index >= 15 is 0 Å². The average Bonchev–Trinajstić information content (AvgIpc) is 3.41. The number of nitrogens with zero attached hydrogens (tertiary/aromatic N) is 2. The van der Waals surface area contributed by atoms with E-state index in [2.05, 4.69) is 4.90 Å². The van der Waals surface area contributed by atoms with Gasteiger partial charge in [0.05, 0.1) is 12.9 Å². The van der Waals surface area contributed by atoms with E-state index in [1.54, 1.807) is 4.31 Å². The Morgan fingerprint density at radius 3 is 2.29 bits per heavy atom. The van der Waals surface area contributed by atoms with Gasteiger partial charge >= 0.3 is 0 Å². The van der Waals surface area contributed by atoms with Crippen LogP contribution in [-0.2, 0) is 14.8 Å². The molecule has 4 fully saturated rings. The van der Waals surface area contributed by atoms with Crippen LogP contribution in [0, 0.1) is 17.3 Å². The normalized spacial score (nSPS) is 31.8. The second-order valence-electron chi connectivity index (χ2n) is 8.87. The standard InChI is InChI=1S/C18H32N2O3S/c1-24(21,22)20-8-6-18(7-9-20)10-17(13-23-12-16-4-5-16)19(14-18)11-15-2-3-15/h15-17H,2-14H2,1H3/t17-/m0/s1. The molecule has 6 heteroatoms. The van der Waals surface area contributed by atoms with E-state index in [0.717, 1.165) is 44.4 Å². The fourth-order valence-electron chi connectivity index (χ4n) is 4.57. The predicted molar refractivity (Wildman–Crippen MR) is 94.3 cm³/mol. The molecule has 0 unspecified atom stereocenters. The van der Waals surface area contributed by atoms with Crippen molar-refractivity contribution in [1.82, 2.24) is 9.21 Å². The minimum absolute atomic E-state index is 0.323. The Morgan fingerprint density at radius 1 is 1.04 bits per heavy atom. The van der Waals surface area contributed by atoms with E-state index in [-0.39, 0.29) is 0 Å². The van der Waals surface area contributed by atoms with Crippen LogP contribution in [0.15, 0.2) is 0 Å². The summed E-state index contributed by atoms with van der Waals surface area (Å²) >= 11 is 0. The molecule has 5 nitrogen and oxygen atoms in total. The number of sulfonamides is 1. The van der Waals surface area contributed by atoms with Crippen molar-refractivity contribution >= 4 is 10.0 Å². The molecular weight excluding hydrogens is 324 g/mol. The zero-order valence-electron chi connectivity index (χ0n) is 15.0. The molecule has 0 radical (unpaired) electrons. The minimum atomic E-state index is -3.03. The van der Waals surface area contributed by atoms with Gasteiger partial charge in [-0.05, 0) is 62.2 Å². The molecule has 2 saturated carbocycles. The van der Waals surface area contributed by atoms with Crippen LogP contribution in [0.2, 0.25) is 0 Å². The summed E-state index contributed by atoms with van der Waals surface area (Å²) < 4.78 is 31.3. The van der Waals surface area contributed by atoms with Crippen molar-refractivity contribution < 1.29 is 13.2 Å². The molecule has 2 aliphatic carbocycles. The average molecular weight is 357 g/mol. The van der Waals surface area contributed by atoms with E-state index in [0.29, 0.717) is 24.5 Å². The maximum Gasteiger partial charge on any atom is 0.211 e. The summed E-state index contributed by atoms with van der Waals surface area (Å²) in [4.78, 5) is 2.68. The molecule has 0 aromatic rings. The summed E-state index contributed by atoms with van der Waals surface area (Å²) in [6, 6.07) is 0.550. The lowest BCUT2D eigenvalue weighted by atomic mass is 9.77. The Morgan fingerprint density at radius 2 is 1.71 bits per heavy atom. The summed E-state index contributed by atoms with van der Waals surface area (Å²) in [7, 11) is -3.03. The number of likely N-dealkylation sites (tertiary alicyclic amines) is 1. The van der Waals surface area contributed by atoms with Crippen molar-refractivity contribution in [2.45, 2.75) is 51.0 Å². The van der Waals surface area contributed by atoms with Gasteiger partial charge in [-0.3, -0.25) is 4.90 Å². The molecule has 2 aliphatic heterocycles. The lowest BCUT2D eigenvalue weighted by Gasteiger charge is -2.38. The van der Waals surface area contributed by atoms with Gasteiger partial charge in [-0.1, -0.05) is 0 Å². The van der Waals surface area contributed by atoms with Crippen molar-refractivity contribution in [3.8, 4) is 0 Å². The molecule has 1 spiro atoms. The molecule has 2 saturated heterocycles. The Kier molecular flexibility index (Phi) is 4.69. The third-order valence-corrected chi connectivity index (χ3v) is 7.83. The van der Waals surface area contributed by atoms with E-state index in [1.165, 1.54) is 44.9 Å². The Hall–Kier alpha value is -0.170. The van der Waals surface area contributed by atoms with E-state index < -0.39 is 10.0 Å². The Labute approximate surface area is 146 Å². The zero-order chi connectivity index (χ0) is 16.8. The van der Waals surface area contributed by atoms with E-state index in [4.69, 9.17) is 4.74 Å². The minimum Gasteiger partial charge on any atom is -0.380 e. The molecule has 0 bridgehead atoms. The summed E-state index contributed by atoms with van der Waals surface area (Å²) in [5.41, 5.74) is 0.323. The molecule has 4 aliphatic rings. The second kappa shape index (κ2) is 6.53. The molecule has 0 N–H and O–H groups in total. The molecule has 1 atom stereocenters. The quantitative estimate of drug-likeness (QED) is 0.699. The number of ether oxygens (including phenoxy) is 1. The highest BCUT2D eigenvalue weighted by molar-refractivity contribution is 7.88. The first-order valence-electron chi connectivity index (χ1n) is 9.70. The van der Waals surface area contributed by atoms with Crippen molar-refractivity contribution in [1.29, 1.82) is 0 Å². The zero-order valence-corrected chi connectivity index (χ0v) is 15.8. The molecular formula is C18H32N2O3S. The number of hydrogen-bond acceptors (Lipinski definition) is 4. The third kappa shape index (κ3) is 4.14. The van der Waals surface area contributed by atoms with Crippen LogP contribution >= 0.6 is 0 Å². The van der Waals surface area contributed by atoms with Gasteiger partial charge in [-0.15, -0.1) is 0 Å². The highest BCUT2D eigenvalue weighted by atomic mass is 32.2. The van der Waals surface area contributed by atoms with Gasteiger partial charge in [-0.25, -0.2) is 12.7 Å². The van der Waals surface area contributed by atoms with Gasteiger partial charge < -0.3 is 4.74 Å². The molecule has 0 amide bonds. The molecule has 0 aromatic heterocycles. The molecule has 0 aromatic carbocycles. The van der Waals surface area contributed by atoms with Crippen LogP contribution in [0.1, 0.15) is 44.9 Å². The molecule has 4 rings (SSSR count). The van der Waals surface area contributed by atoms with Gasteiger partial charge in [-0.2, -0.15) is 0 Å². The maximum atomic E-state index is 11.8. The highest BCUT2D eigenvalue weighted by Gasteiger charge is 2.47. The summed E-state index contributed by atoms with van der Waals surface area (Å²) in [5, 5.41) is 0. The van der Waals surface area contributed by atoms with E-state index in [1.807, 2.05) is 0 Å². The SMILES string of the molecule is CS(=O)(=O)N1CCC2(CC1)C[C@@H](COCC1CC1)N(CC1CC1)C2. The fourth-order valence-corrected chi connectivity index (χ4v) is 5.42. The van der Waals surface area contributed by atoms with Crippen LogP contribution in [0.5, 0.6) is 0 Å². The van der Waals surface area contributed by atoms with Crippen molar-refractivity contribution in [2.24, 2.45) is 17.3 Å². The van der Waals surface area contributed by atoms with Crippen LogP contribution in [0.3, 0.4) is 0 Å². The smallest absolute Gasteiger partial charge is 0.211 e. The fraction of sp³-hybridized carbons (Fsp3) is 1.00. The summed E-state index contributed by atoms with van der Waals surface area (Å²) in [6.07, 6.45) is 10.0. The Bertz CT molecular complexity index is 549. The van der Waals surface area contributed by atoms with Gasteiger partial charge in [0.2, 0.25) is 10.0 Å². The van der Waals surface area contributed by atoms with Gasteiger partial charge in [0.25, 0.3) is 0 Å². The van der Waals surface area contributed by atoms with Crippen molar-refractivity contribution in [3.63, 3.8) is 0 Å². The third-order valence-electron chi connectivity index (χ3n) is 6.53. The highest BCUT2D eigenvalue weighted by Crippen LogP contribution is 2.45. The molecule has 24 heavy (non-hydrogen) atoms. The monoisotopic (exact) mass is 356 g/mol. The summed E-state index contributed by atoms with van der Waals surface area (Å²) in [6.45, 7) is 5.61. The van der Waals surface area contributed by atoms with Crippen LogP contribution in [0.25, 0.3) is 0 Å². The number of hydrogen-bond donors (Lipinski definition) is 0. The molecule has 2 heterocycles. The van der Waals surface area contributed by atoms with Crippen molar-refractivity contribution in [3.05, 3.63) is 0 Å². The topological polar surface area (TPSA) is 49.9 Å². The van der Waals surface area contributed by atoms with Crippen molar-refractivity contribution in [2.75, 3.05) is 45.6 Å². The Balaban J connectivity index is 1.35. The molecule has 138 valence electrons.